The molecule has 0 fully saturated rings. The van der Waals surface area contributed by atoms with E-state index in [1.807, 2.05) is 24.3 Å². The third kappa shape index (κ3) is 5.97. The molecule has 0 atom stereocenters. The number of amides is 1. The van der Waals surface area contributed by atoms with Gasteiger partial charge < -0.3 is 19.5 Å². The van der Waals surface area contributed by atoms with Gasteiger partial charge in [-0.25, -0.2) is 14.2 Å². The third-order valence-electron chi connectivity index (χ3n) is 5.76. The highest BCUT2D eigenvalue weighted by atomic mass is 19.1. The number of benzene rings is 3. The van der Waals surface area contributed by atoms with Crippen LogP contribution < -0.4 is 20.3 Å². The Kier molecular flexibility index (Phi) is 8.32. The van der Waals surface area contributed by atoms with Crippen molar-refractivity contribution in [2.75, 3.05) is 25.6 Å². The molecular weight excluding hydrogens is 493 g/mol. The normalized spacial score (nSPS) is 10.7. The first kappa shape index (κ1) is 26.3. The number of para-hydroxylation sites is 1. The highest BCUT2D eigenvalue weighted by Crippen LogP contribution is 2.23. The molecule has 0 saturated carbocycles. The van der Waals surface area contributed by atoms with E-state index in [1.54, 1.807) is 32.2 Å². The van der Waals surface area contributed by atoms with Crippen molar-refractivity contribution in [3.05, 3.63) is 94.3 Å². The van der Waals surface area contributed by atoms with Gasteiger partial charge in [0.15, 0.2) is 18.2 Å². The quantitative estimate of drug-likeness (QED) is 0.316. The van der Waals surface area contributed by atoms with Crippen LogP contribution in [0.5, 0.6) is 11.5 Å². The van der Waals surface area contributed by atoms with Crippen molar-refractivity contribution in [2.45, 2.75) is 19.9 Å². The second-order valence-corrected chi connectivity index (χ2v) is 8.20. The largest absolute Gasteiger partial charge is 0.496 e. The second-order valence-electron chi connectivity index (χ2n) is 8.20. The zero-order chi connectivity index (χ0) is 27.1. The monoisotopic (exact) mass is 519 g/mol. The molecular formula is C28H26FN3O6. The number of carbonyl (C=O) groups excluding carboxylic acids is 2. The lowest BCUT2D eigenvalue weighted by Gasteiger charge is -2.12. The van der Waals surface area contributed by atoms with Crippen LogP contribution in [-0.2, 0) is 22.5 Å². The predicted octanol–water partition coefficient (Wildman–Crippen LogP) is 3.98. The number of nitrogens with zero attached hydrogens (tertiary/aromatic N) is 2. The number of aromatic nitrogens is 2. The summed E-state index contributed by atoms with van der Waals surface area (Å²) in [7, 11) is 1.59. The SMILES string of the molecule is CCOC(=O)COc1ccc(C(=O)Nc2cccc3ncn(CCc4ccccc4OC)c(=O)c23)cc1F. The minimum atomic E-state index is -0.819. The van der Waals surface area contributed by atoms with Gasteiger partial charge in [0.05, 0.1) is 36.6 Å². The topological polar surface area (TPSA) is 109 Å². The summed E-state index contributed by atoms with van der Waals surface area (Å²) in [6, 6.07) is 16.1. The number of fused-ring (bicyclic) bond motifs is 1. The van der Waals surface area contributed by atoms with Crippen molar-refractivity contribution in [1.82, 2.24) is 9.55 Å². The fraction of sp³-hybridized carbons (Fsp3) is 0.214. The number of rotatable bonds is 10. The van der Waals surface area contributed by atoms with Crippen molar-refractivity contribution in [1.29, 1.82) is 0 Å². The number of halogens is 1. The van der Waals surface area contributed by atoms with Crippen LogP contribution >= 0.6 is 0 Å². The van der Waals surface area contributed by atoms with E-state index >= 15 is 0 Å². The minimum Gasteiger partial charge on any atom is -0.496 e. The fourth-order valence-electron chi connectivity index (χ4n) is 3.91. The number of aryl methyl sites for hydroxylation is 2. The average Bonchev–Trinajstić information content (AvgIpc) is 2.92. The first-order valence-corrected chi connectivity index (χ1v) is 11.9. The molecule has 1 heterocycles. The Bertz CT molecular complexity index is 1540. The number of methoxy groups -OCH3 is 1. The van der Waals surface area contributed by atoms with E-state index in [2.05, 4.69) is 10.3 Å². The lowest BCUT2D eigenvalue weighted by molar-refractivity contribution is -0.145. The molecule has 1 amide bonds. The van der Waals surface area contributed by atoms with E-state index in [0.717, 1.165) is 17.4 Å². The standard InChI is InChI=1S/C28H26FN3O6/c1-3-37-25(33)16-38-24-12-11-19(15-20(24)29)27(34)31-22-9-6-8-21-26(22)28(35)32(17-30-21)14-13-18-7-4-5-10-23(18)36-2/h4-12,15,17H,3,13-14,16H2,1-2H3,(H,31,34). The number of anilines is 1. The molecule has 38 heavy (non-hydrogen) atoms. The van der Waals surface area contributed by atoms with Crippen LogP contribution in [0.25, 0.3) is 10.9 Å². The Labute approximate surface area is 217 Å². The van der Waals surface area contributed by atoms with Gasteiger partial charge in [0.2, 0.25) is 0 Å². The summed E-state index contributed by atoms with van der Waals surface area (Å²) >= 11 is 0. The van der Waals surface area contributed by atoms with Crippen LogP contribution in [0.1, 0.15) is 22.8 Å². The third-order valence-corrected chi connectivity index (χ3v) is 5.76. The Morgan fingerprint density at radius 3 is 2.63 bits per heavy atom. The zero-order valence-corrected chi connectivity index (χ0v) is 20.9. The summed E-state index contributed by atoms with van der Waals surface area (Å²) in [5.41, 5.74) is 1.29. The van der Waals surface area contributed by atoms with E-state index in [-0.39, 0.29) is 34.6 Å². The Balaban J connectivity index is 1.54. The number of esters is 1. The van der Waals surface area contributed by atoms with Gasteiger partial charge in [-0.15, -0.1) is 0 Å². The van der Waals surface area contributed by atoms with Crippen LogP contribution in [0.3, 0.4) is 0 Å². The molecule has 9 nitrogen and oxygen atoms in total. The molecule has 0 aliphatic carbocycles. The van der Waals surface area contributed by atoms with Crippen LogP contribution in [0.15, 0.2) is 71.8 Å². The Morgan fingerprint density at radius 1 is 1.05 bits per heavy atom. The smallest absolute Gasteiger partial charge is 0.344 e. The highest BCUT2D eigenvalue weighted by molar-refractivity contribution is 6.08. The lowest BCUT2D eigenvalue weighted by Crippen LogP contribution is -2.23. The summed E-state index contributed by atoms with van der Waals surface area (Å²) < 4.78 is 31.2. The first-order chi connectivity index (χ1) is 18.4. The molecule has 4 aromatic rings. The van der Waals surface area contributed by atoms with Gasteiger partial charge in [-0.1, -0.05) is 24.3 Å². The molecule has 0 spiro atoms. The molecule has 1 aromatic heterocycles. The molecule has 0 bridgehead atoms. The maximum atomic E-state index is 14.5. The van der Waals surface area contributed by atoms with Gasteiger partial charge in [0.1, 0.15) is 5.75 Å². The van der Waals surface area contributed by atoms with E-state index < -0.39 is 24.3 Å². The molecule has 10 heteroatoms. The van der Waals surface area contributed by atoms with Gasteiger partial charge in [-0.2, -0.15) is 0 Å². The number of hydrogen-bond donors (Lipinski definition) is 1. The molecule has 3 aromatic carbocycles. The molecule has 0 aliphatic heterocycles. The predicted molar refractivity (Wildman–Crippen MR) is 139 cm³/mol. The summed E-state index contributed by atoms with van der Waals surface area (Å²) in [6.07, 6.45) is 2.01. The van der Waals surface area contributed by atoms with E-state index in [1.165, 1.54) is 23.0 Å². The first-order valence-electron chi connectivity index (χ1n) is 11.9. The minimum absolute atomic E-state index is 0.00313. The summed E-state index contributed by atoms with van der Waals surface area (Å²) in [6.45, 7) is 1.72. The molecule has 1 N–H and O–H groups in total. The molecule has 0 aliphatic rings. The van der Waals surface area contributed by atoms with E-state index in [4.69, 9.17) is 14.2 Å². The van der Waals surface area contributed by atoms with Crippen LogP contribution in [0.4, 0.5) is 10.1 Å². The maximum absolute atomic E-state index is 14.5. The molecule has 0 unspecified atom stereocenters. The number of carbonyl (C=O) groups is 2. The second kappa shape index (κ2) is 12.0. The highest BCUT2D eigenvalue weighted by Gasteiger charge is 2.16. The van der Waals surface area contributed by atoms with Gasteiger partial charge >= 0.3 is 5.97 Å². The van der Waals surface area contributed by atoms with Gasteiger partial charge in [-0.3, -0.25) is 14.2 Å². The maximum Gasteiger partial charge on any atom is 0.344 e. The molecule has 196 valence electrons. The number of hydrogen-bond acceptors (Lipinski definition) is 7. The number of ether oxygens (including phenoxy) is 3. The summed E-state index contributed by atoms with van der Waals surface area (Å²) in [5.74, 6) is -1.54. The van der Waals surface area contributed by atoms with Crippen LogP contribution in [0.2, 0.25) is 0 Å². The van der Waals surface area contributed by atoms with Crippen molar-refractivity contribution < 1.29 is 28.2 Å². The summed E-state index contributed by atoms with van der Waals surface area (Å²) in [5, 5.41) is 2.92. The van der Waals surface area contributed by atoms with Gasteiger partial charge in [0.25, 0.3) is 11.5 Å². The van der Waals surface area contributed by atoms with Crippen LogP contribution in [0, 0.1) is 5.82 Å². The Hall–Kier alpha value is -4.73. The van der Waals surface area contributed by atoms with Gasteiger partial charge in [0, 0.05) is 12.1 Å². The van der Waals surface area contributed by atoms with Crippen molar-refractivity contribution in [3.63, 3.8) is 0 Å². The Morgan fingerprint density at radius 2 is 1.87 bits per heavy atom. The van der Waals surface area contributed by atoms with E-state index in [9.17, 15) is 18.8 Å². The molecule has 4 rings (SSSR count). The van der Waals surface area contributed by atoms with Crippen LogP contribution in [-0.4, -0.2) is 41.8 Å². The molecule has 0 radical (unpaired) electrons. The molecule has 0 saturated heterocycles. The van der Waals surface area contributed by atoms with Gasteiger partial charge in [-0.05, 0) is 55.3 Å². The van der Waals surface area contributed by atoms with Crippen molar-refractivity contribution in [2.24, 2.45) is 0 Å². The zero-order valence-electron chi connectivity index (χ0n) is 20.9. The van der Waals surface area contributed by atoms with Crippen molar-refractivity contribution >= 4 is 28.5 Å². The summed E-state index contributed by atoms with van der Waals surface area (Å²) in [4.78, 5) is 42.1. The number of nitrogens with one attached hydrogen (secondary N) is 1. The fourth-order valence-corrected chi connectivity index (χ4v) is 3.91. The average molecular weight is 520 g/mol. The van der Waals surface area contributed by atoms with E-state index in [0.29, 0.717) is 18.5 Å². The lowest BCUT2D eigenvalue weighted by atomic mass is 10.1. The van der Waals surface area contributed by atoms with Crippen molar-refractivity contribution in [3.8, 4) is 11.5 Å².